The number of urea groups is 1. The molecule has 342 valence electrons. The third-order valence-corrected chi connectivity index (χ3v) is 10.7. The van der Waals surface area contributed by atoms with E-state index in [9.17, 15) is 14.4 Å². The first-order chi connectivity index (χ1) is 28.5. The quantitative estimate of drug-likeness (QED) is 0.0435. The van der Waals surface area contributed by atoms with Crippen molar-refractivity contribution in [2.45, 2.75) is 139 Å². The highest BCUT2D eigenvalue weighted by molar-refractivity contribution is 5.77. The number of carbonyl (C=O) groups excluding carboxylic acids is 3. The molecule has 3 aromatic rings. The Balaban J connectivity index is 0.00000127. The van der Waals surface area contributed by atoms with Crippen molar-refractivity contribution >= 4 is 34.7 Å². The summed E-state index contributed by atoms with van der Waals surface area (Å²) in [5.41, 5.74) is 18.5. The van der Waals surface area contributed by atoms with Gasteiger partial charge in [-0.15, -0.1) is 0 Å². The maximum Gasteiger partial charge on any atom is 0.315 e. The maximum atomic E-state index is 12.6. The third kappa shape index (κ3) is 21.1. The zero-order valence-corrected chi connectivity index (χ0v) is 39.4. The number of nitrogens with one attached hydrogen (secondary N) is 3. The minimum Gasteiger partial charge on any atom is -0.347 e. The van der Waals surface area contributed by atoms with Crippen LogP contribution in [0.25, 0.3) is 16.7 Å². The molecule has 0 bridgehead atoms. The number of hydrogen-bond donors (Lipinski definition) is 5. The molecule has 0 heterocycles. The lowest BCUT2D eigenvalue weighted by atomic mass is 9.91. The molecule has 3 aromatic carbocycles. The minimum atomic E-state index is -0.521. The summed E-state index contributed by atoms with van der Waals surface area (Å²) in [7, 11) is 0. The summed E-state index contributed by atoms with van der Waals surface area (Å²) in [5, 5.41) is 9.26. The van der Waals surface area contributed by atoms with Gasteiger partial charge in [-0.3, -0.25) is 4.79 Å². The monoisotopic (exact) mass is 851 g/mol. The van der Waals surface area contributed by atoms with Crippen molar-refractivity contribution in [1.29, 1.82) is 0 Å². The fraction of sp³-hybridized carbons (Fsp3) is 0.491. The van der Waals surface area contributed by atoms with E-state index in [-0.39, 0.29) is 19.4 Å². The lowest BCUT2D eigenvalue weighted by Gasteiger charge is -2.28. The van der Waals surface area contributed by atoms with E-state index >= 15 is 0 Å². The number of carbonyl (C=O) groups is 2. The van der Waals surface area contributed by atoms with Gasteiger partial charge in [0.25, 0.3) is 0 Å². The van der Waals surface area contributed by atoms with Gasteiger partial charge in [0, 0.05) is 13.0 Å². The van der Waals surface area contributed by atoms with Gasteiger partial charge < -0.3 is 27.4 Å². The number of amides is 3. The molecular formula is C53H82N6O3. The molecule has 9 nitrogen and oxygen atoms in total. The zero-order chi connectivity index (χ0) is 46.4. The van der Waals surface area contributed by atoms with Crippen molar-refractivity contribution in [3.8, 4) is 0 Å². The Morgan fingerprint density at radius 3 is 1.55 bits per heavy atom. The Bertz CT molecular complexity index is 1940. The first-order valence-electron chi connectivity index (χ1n) is 21.6. The highest BCUT2D eigenvalue weighted by Gasteiger charge is 2.25. The van der Waals surface area contributed by atoms with Gasteiger partial charge in [-0.25, -0.2) is 9.59 Å². The molecule has 7 N–H and O–H groups in total. The number of rotatable bonds is 20. The molecule has 0 aromatic heterocycles. The molecule has 2 atom stereocenters. The van der Waals surface area contributed by atoms with Crippen molar-refractivity contribution in [3.63, 3.8) is 0 Å². The molecule has 9 heteroatoms. The van der Waals surface area contributed by atoms with Crippen LogP contribution in [0, 0.1) is 11.8 Å². The summed E-state index contributed by atoms with van der Waals surface area (Å²) < 4.78 is 0. The van der Waals surface area contributed by atoms with Crippen LogP contribution in [0.2, 0.25) is 0 Å². The maximum absolute atomic E-state index is 12.6. The fourth-order valence-corrected chi connectivity index (χ4v) is 6.31. The molecular weight excluding hydrogens is 769 g/mol. The lowest BCUT2D eigenvalue weighted by Crippen LogP contribution is -2.47. The van der Waals surface area contributed by atoms with E-state index in [0.29, 0.717) is 24.8 Å². The van der Waals surface area contributed by atoms with Crippen molar-refractivity contribution in [1.82, 2.24) is 16.0 Å². The second-order valence-corrected chi connectivity index (χ2v) is 18.1. The van der Waals surface area contributed by atoms with Crippen LogP contribution in [0.4, 0.5) is 4.79 Å². The van der Waals surface area contributed by atoms with E-state index in [1.807, 2.05) is 123 Å². The Kier molecular flexibility index (Phi) is 25.5. The van der Waals surface area contributed by atoms with Gasteiger partial charge in [0.15, 0.2) is 0 Å². The van der Waals surface area contributed by atoms with E-state index in [4.69, 9.17) is 11.5 Å². The summed E-state index contributed by atoms with van der Waals surface area (Å²) in [5.74, 6) is 1.03. The van der Waals surface area contributed by atoms with Gasteiger partial charge in [-0.1, -0.05) is 119 Å². The van der Waals surface area contributed by atoms with E-state index in [1.165, 1.54) is 6.42 Å². The molecule has 0 radical (unpaired) electrons. The number of aliphatic imine (C=N–C) groups is 1. The highest BCUT2D eigenvalue weighted by atomic mass is 16.2. The van der Waals surface area contributed by atoms with Crippen molar-refractivity contribution in [3.05, 3.63) is 126 Å². The smallest absolute Gasteiger partial charge is 0.315 e. The Morgan fingerprint density at radius 1 is 0.677 bits per heavy atom. The van der Waals surface area contributed by atoms with Crippen LogP contribution in [0.3, 0.4) is 0 Å². The topological polar surface area (TPSA) is 152 Å². The number of allylic oxidation sites excluding steroid dienone is 3. The van der Waals surface area contributed by atoms with E-state index in [0.717, 1.165) is 88.9 Å². The van der Waals surface area contributed by atoms with Crippen LogP contribution in [-0.2, 0) is 26.2 Å². The van der Waals surface area contributed by atoms with Gasteiger partial charge in [0.05, 0.1) is 16.6 Å². The Hall–Kier alpha value is -5.08. The molecule has 0 saturated carbocycles. The third-order valence-electron chi connectivity index (χ3n) is 10.7. The average Bonchev–Trinajstić information content (AvgIpc) is 3.21. The largest absolute Gasteiger partial charge is 0.347 e. The number of hydrogen-bond acceptors (Lipinski definition) is 6. The van der Waals surface area contributed by atoms with Crippen LogP contribution >= 0.6 is 0 Å². The number of nitrogens with zero attached hydrogens (tertiary/aromatic N) is 1. The van der Waals surface area contributed by atoms with Gasteiger partial charge in [0.2, 0.25) is 12.0 Å². The summed E-state index contributed by atoms with van der Waals surface area (Å²) >= 11 is 0. The van der Waals surface area contributed by atoms with Crippen LogP contribution < -0.4 is 27.4 Å². The molecule has 0 aliphatic heterocycles. The molecule has 0 aliphatic rings. The summed E-state index contributed by atoms with van der Waals surface area (Å²) in [6.07, 6.45) is 7.07. The van der Waals surface area contributed by atoms with Crippen LogP contribution in [0.15, 0.2) is 97.5 Å². The van der Waals surface area contributed by atoms with Gasteiger partial charge in [-0.2, -0.15) is 4.99 Å². The van der Waals surface area contributed by atoms with Gasteiger partial charge in [-0.05, 0) is 165 Å². The van der Waals surface area contributed by atoms with Crippen LogP contribution in [-0.4, -0.2) is 37.7 Å². The Morgan fingerprint density at radius 2 is 1.11 bits per heavy atom. The molecule has 0 spiro atoms. The highest BCUT2D eigenvalue weighted by Crippen LogP contribution is 2.27. The number of unbranched alkanes of at least 4 members (excludes halogenated alkanes) is 1. The molecule has 0 saturated heterocycles. The molecule has 3 amide bonds. The lowest BCUT2D eigenvalue weighted by molar-refractivity contribution is -0.122. The van der Waals surface area contributed by atoms with E-state index in [2.05, 4.69) is 66.7 Å². The number of benzene rings is 3. The van der Waals surface area contributed by atoms with E-state index in [1.54, 1.807) is 6.08 Å². The van der Waals surface area contributed by atoms with E-state index < -0.39 is 16.6 Å². The van der Waals surface area contributed by atoms with Crippen molar-refractivity contribution in [2.75, 3.05) is 19.6 Å². The molecule has 62 heavy (non-hydrogen) atoms. The molecule has 0 aliphatic carbocycles. The summed E-state index contributed by atoms with van der Waals surface area (Å²) in [6.45, 7) is 36.1. The van der Waals surface area contributed by atoms with Gasteiger partial charge in [0.1, 0.15) is 0 Å². The number of isocyanates is 1. The minimum absolute atomic E-state index is 0. The normalized spacial score (nSPS) is 12.0. The van der Waals surface area contributed by atoms with Crippen LogP contribution in [0.1, 0.15) is 155 Å². The molecule has 3 rings (SSSR count). The van der Waals surface area contributed by atoms with Crippen molar-refractivity contribution < 1.29 is 14.4 Å². The second-order valence-electron chi connectivity index (χ2n) is 18.1. The summed E-state index contributed by atoms with van der Waals surface area (Å²) in [6, 6.07) is 24.0. The Labute approximate surface area is 376 Å². The standard InChI is InChI=1S/C33H47N3O2.C13H15NO.C6H16N2.CH4/c1-23(2)26-15-12-17-28(20-26)32(6,7)35-30(37)19-11-10-14-25(5)22-34-31(38)36-33(8,9)29-18-13-16-27(21-29)24(3)4;1-10(2)11-6-5-7-12(8-11)13(3,4)14-9-15;1-6(5-8)3-2-4-7;/h12-13,15-18,20-21,25H,1,3,10-11,14,19,22H2,2,4-9H3,(H,35,37)(H2,34,36,38);5-8H,1H2,2-4H3;6H,2-5,7-8H2,1H3;1H4. The molecule has 2 unspecified atom stereocenters. The fourth-order valence-electron chi connectivity index (χ4n) is 6.31. The molecule has 0 fully saturated rings. The average molecular weight is 851 g/mol. The summed E-state index contributed by atoms with van der Waals surface area (Å²) in [4.78, 5) is 39.3. The first-order valence-corrected chi connectivity index (χ1v) is 21.6. The first kappa shape index (κ1) is 56.9. The van der Waals surface area contributed by atoms with Gasteiger partial charge >= 0.3 is 6.03 Å². The van der Waals surface area contributed by atoms with Crippen molar-refractivity contribution in [2.24, 2.45) is 28.3 Å². The second kappa shape index (κ2) is 27.8. The zero-order valence-electron chi connectivity index (χ0n) is 39.4. The predicted octanol–water partition coefficient (Wildman–Crippen LogP) is 11.8. The van der Waals surface area contributed by atoms with Crippen LogP contribution in [0.5, 0.6) is 0 Å². The number of nitrogens with two attached hydrogens (primary N) is 2. The SMILES string of the molecule is C.C=C(C)c1cccc(C(C)(C)N=C=O)c1.C=C(C)c1cccc(C(C)(C)NC(=O)CCCCC(C)CNC(=O)NC(C)(C)c2cccc(C(=C)C)c2)c1.CC(CN)CCCN. The predicted molar refractivity (Wildman–Crippen MR) is 266 cm³/mol.